The fraction of sp³-hybridized carbons (Fsp3) is 0.150. The van der Waals surface area contributed by atoms with Crippen molar-refractivity contribution >= 4 is 11.6 Å². The minimum absolute atomic E-state index is 0.329. The number of rotatable bonds is 4. The molecule has 1 aliphatic rings. The predicted octanol–water partition coefficient (Wildman–Crippen LogP) is 2.52. The van der Waals surface area contributed by atoms with Crippen molar-refractivity contribution < 1.29 is 4.74 Å². The average molecular weight is 387 g/mol. The Balaban J connectivity index is 1.75. The summed E-state index contributed by atoms with van der Waals surface area (Å²) in [5, 5.41) is 21.9. The van der Waals surface area contributed by atoms with Crippen LogP contribution in [-0.2, 0) is 0 Å². The third kappa shape index (κ3) is 2.83. The molecule has 2 N–H and O–H groups in total. The molecule has 0 saturated carbocycles. The monoisotopic (exact) mass is 387 g/mol. The van der Waals surface area contributed by atoms with E-state index in [-0.39, 0.29) is 5.56 Å². The summed E-state index contributed by atoms with van der Waals surface area (Å²) in [7, 11) is 0. The first-order chi connectivity index (χ1) is 14.3. The van der Waals surface area contributed by atoms with Crippen molar-refractivity contribution in [3.05, 3.63) is 76.1 Å². The molecule has 29 heavy (non-hydrogen) atoms. The van der Waals surface area contributed by atoms with E-state index in [9.17, 15) is 4.79 Å². The molecule has 1 unspecified atom stereocenters. The number of hydrogen-bond acceptors (Lipinski definition) is 7. The lowest BCUT2D eigenvalue weighted by atomic mass is 9.92. The highest BCUT2D eigenvalue weighted by molar-refractivity contribution is 5.75. The van der Waals surface area contributed by atoms with Crippen molar-refractivity contribution in [1.29, 1.82) is 0 Å². The molecule has 0 amide bonds. The molecular weight excluding hydrogens is 370 g/mol. The van der Waals surface area contributed by atoms with Crippen LogP contribution >= 0.6 is 0 Å². The largest absolute Gasteiger partial charge is 0.494 e. The number of nitrogens with one attached hydrogen (secondary N) is 2. The Kier molecular flexibility index (Phi) is 4.05. The van der Waals surface area contributed by atoms with E-state index in [4.69, 9.17) is 4.74 Å². The molecule has 2 aromatic heterocycles. The molecule has 0 saturated heterocycles. The SMILES string of the molecule is CCOc1ccc(C2c3c(-c4ccccc4)n[nH]c(=O)c3Nc3nnnn32)cc1. The number of hydrogen-bond donors (Lipinski definition) is 2. The summed E-state index contributed by atoms with van der Waals surface area (Å²) < 4.78 is 7.22. The fourth-order valence-electron chi connectivity index (χ4n) is 3.57. The summed E-state index contributed by atoms with van der Waals surface area (Å²) in [6, 6.07) is 17.0. The second-order valence-electron chi connectivity index (χ2n) is 6.53. The van der Waals surface area contributed by atoms with Gasteiger partial charge in [0.15, 0.2) is 0 Å². The highest BCUT2D eigenvalue weighted by Crippen LogP contribution is 2.41. The van der Waals surface area contributed by atoms with Crippen LogP contribution < -0.4 is 15.6 Å². The van der Waals surface area contributed by atoms with Gasteiger partial charge in [-0.25, -0.2) is 5.10 Å². The molecule has 5 rings (SSSR count). The molecule has 0 spiro atoms. The maximum absolute atomic E-state index is 12.6. The number of anilines is 2. The molecule has 9 heteroatoms. The van der Waals surface area contributed by atoms with Crippen LogP contribution in [0, 0.1) is 0 Å². The molecular formula is C20H17N7O2. The lowest BCUT2D eigenvalue weighted by Gasteiger charge is -2.27. The summed E-state index contributed by atoms with van der Waals surface area (Å²) >= 11 is 0. The molecule has 144 valence electrons. The number of fused-ring (bicyclic) bond motifs is 2. The number of benzene rings is 2. The van der Waals surface area contributed by atoms with E-state index in [1.165, 1.54) is 0 Å². The molecule has 4 aromatic rings. The van der Waals surface area contributed by atoms with Gasteiger partial charge in [0.1, 0.15) is 17.5 Å². The van der Waals surface area contributed by atoms with Crippen LogP contribution in [0.1, 0.15) is 24.1 Å². The summed E-state index contributed by atoms with van der Waals surface area (Å²) in [5.74, 6) is 1.17. The van der Waals surface area contributed by atoms with Gasteiger partial charge in [0.25, 0.3) is 5.56 Å². The first kappa shape index (κ1) is 17.1. The van der Waals surface area contributed by atoms with Crippen LogP contribution in [0.15, 0.2) is 59.4 Å². The second-order valence-corrected chi connectivity index (χ2v) is 6.53. The van der Waals surface area contributed by atoms with E-state index in [1.807, 2.05) is 61.5 Å². The molecule has 3 heterocycles. The Bertz CT molecular complexity index is 1220. The summed E-state index contributed by atoms with van der Waals surface area (Å²) in [5.41, 5.74) is 3.23. The summed E-state index contributed by atoms with van der Waals surface area (Å²) in [4.78, 5) is 12.6. The van der Waals surface area contributed by atoms with Crippen LogP contribution in [0.5, 0.6) is 5.75 Å². The van der Waals surface area contributed by atoms with E-state index in [1.54, 1.807) is 4.68 Å². The quantitative estimate of drug-likeness (QED) is 0.487. The van der Waals surface area contributed by atoms with Gasteiger partial charge in [-0.15, -0.1) is 0 Å². The Hall–Kier alpha value is -4.01. The first-order valence-corrected chi connectivity index (χ1v) is 9.22. The third-order valence-electron chi connectivity index (χ3n) is 4.82. The van der Waals surface area contributed by atoms with Crippen LogP contribution in [0.3, 0.4) is 0 Å². The van der Waals surface area contributed by atoms with Gasteiger partial charge in [-0.3, -0.25) is 4.79 Å². The van der Waals surface area contributed by atoms with Crippen LogP contribution in [0.2, 0.25) is 0 Å². The molecule has 0 bridgehead atoms. The Morgan fingerprint density at radius 2 is 1.90 bits per heavy atom. The van der Waals surface area contributed by atoms with E-state index in [0.29, 0.717) is 29.5 Å². The van der Waals surface area contributed by atoms with Gasteiger partial charge >= 0.3 is 0 Å². The van der Waals surface area contributed by atoms with Gasteiger partial charge in [-0.05, 0) is 35.0 Å². The second kappa shape index (κ2) is 6.86. The molecule has 9 nitrogen and oxygen atoms in total. The van der Waals surface area contributed by atoms with Gasteiger partial charge in [0, 0.05) is 11.1 Å². The van der Waals surface area contributed by atoms with E-state index < -0.39 is 6.04 Å². The Morgan fingerprint density at radius 1 is 1.10 bits per heavy atom. The Labute approximate surface area is 165 Å². The minimum Gasteiger partial charge on any atom is -0.494 e. The third-order valence-corrected chi connectivity index (χ3v) is 4.82. The number of aromatic nitrogens is 6. The minimum atomic E-state index is -0.420. The van der Waals surface area contributed by atoms with Crippen molar-refractivity contribution in [3.8, 4) is 17.0 Å². The van der Waals surface area contributed by atoms with Gasteiger partial charge in [-0.1, -0.05) is 47.6 Å². The zero-order chi connectivity index (χ0) is 19.8. The van der Waals surface area contributed by atoms with Crippen molar-refractivity contribution in [1.82, 2.24) is 30.4 Å². The van der Waals surface area contributed by atoms with Crippen molar-refractivity contribution in [2.45, 2.75) is 13.0 Å². The molecule has 0 fully saturated rings. The first-order valence-electron chi connectivity index (χ1n) is 9.22. The maximum atomic E-state index is 12.6. The highest BCUT2D eigenvalue weighted by Gasteiger charge is 2.34. The van der Waals surface area contributed by atoms with Gasteiger partial charge in [0.2, 0.25) is 5.95 Å². The van der Waals surface area contributed by atoms with Gasteiger partial charge in [-0.2, -0.15) is 9.78 Å². The van der Waals surface area contributed by atoms with E-state index in [2.05, 4.69) is 31.0 Å². The summed E-state index contributed by atoms with van der Waals surface area (Å²) in [6.45, 7) is 2.53. The maximum Gasteiger partial charge on any atom is 0.288 e. The molecule has 1 atom stereocenters. The van der Waals surface area contributed by atoms with Crippen molar-refractivity contribution in [2.75, 3.05) is 11.9 Å². The Morgan fingerprint density at radius 3 is 2.66 bits per heavy atom. The molecule has 1 aliphatic heterocycles. The highest BCUT2D eigenvalue weighted by atomic mass is 16.5. The topological polar surface area (TPSA) is 111 Å². The molecule has 0 radical (unpaired) electrons. The van der Waals surface area contributed by atoms with Crippen LogP contribution in [-0.4, -0.2) is 37.0 Å². The molecule has 2 aromatic carbocycles. The zero-order valence-electron chi connectivity index (χ0n) is 15.5. The number of ether oxygens (including phenoxy) is 1. The normalized spacial score (nSPS) is 14.6. The van der Waals surface area contributed by atoms with E-state index in [0.717, 1.165) is 16.9 Å². The lowest BCUT2D eigenvalue weighted by molar-refractivity contribution is 0.340. The number of tetrazole rings is 1. The van der Waals surface area contributed by atoms with E-state index >= 15 is 0 Å². The number of H-pyrrole nitrogens is 1. The smallest absolute Gasteiger partial charge is 0.288 e. The lowest BCUT2D eigenvalue weighted by Crippen LogP contribution is -2.29. The number of aromatic amines is 1. The van der Waals surface area contributed by atoms with Crippen LogP contribution in [0.4, 0.5) is 11.6 Å². The fourth-order valence-corrected chi connectivity index (χ4v) is 3.57. The number of nitrogens with zero attached hydrogens (tertiary/aromatic N) is 5. The van der Waals surface area contributed by atoms with Crippen molar-refractivity contribution in [2.24, 2.45) is 0 Å². The zero-order valence-corrected chi connectivity index (χ0v) is 15.5. The van der Waals surface area contributed by atoms with Crippen LogP contribution in [0.25, 0.3) is 11.3 Å². The standard InChI is InChI=1S/C20H17N7O2/c1-2-29-14-10-8-13(9-11-14)18-15-16(12-6-4-3-5-7-12)22-23-19(28)17(15)21-20-24-25-26-27(18)20/h3-11,18H,2H2,1H3,(H,23,28)(H,21,24,26). The average Bonchev–Trinajstić information content (AvgIpc) is 3.23. The van der Waals surface area contributed by atoms with Gasteiger partial charge in [0.05, 0.1) is 12.3 Å². The molecule has 0 aliphatic carbocycles. The van der Waals surface area contributed by atoms with Crippen molar-refractivity contribution in [3.63, 3.8) is 0 Å². The predicted molar refractivity (Wildman–Crippen MR) is 106 cm³/mol. The summed E-state index contributed by atoms with van der Waals surface area (Å²) in [6.07, 6.45) is 0. The van der Waals surface area contributed by atoms with Gasteiger partial charge < -0.3 is 10.1 Å².